The van der Waals surface area contributed by atoms with Crippen LogP contribution in [0.15, 0.2) is 30.4 Å². The zero-order valence-corrected chi connectivity index (χ0v) is 10.2. The molecular weight excluding hydrogens is 252 g/mol. The van der Waals surface area contributed by atoms with Crippen LogP contribution in [0, 0.1) is 17.2 Å². The van der Waals surface area contributed by atoms with Gasteiger partial charge in [0.2, 0.25) is 0 Å². The number of carbonyl (C=O) groups is 1. The van der Waals surface area contributed by atoms with Crippen LogP contribution in [-0.4, -0.2) is 17.1 Å². The number of carboxylic acid groups (broad SMARTS) is 1. The maximum Gasteiger partial charge on any atom is 0.310 e. The minimum absolute atomic E-state index is 0.0864. The molecule has 2 rings (SSSR count). The molecule has 92 valence electrons. The van der Waals surface area contributed by atoms with Gasteiger partial charge < -0.3 is 10.4 Å². The van der Waals surface area contributed by atoms with Gasteiger partial charge in [-0.1, -0.05) is 23.8 Å². The van der Waals surface area contributed by atoms with Crippen molar-refractivity contribution in [2.24, 2.45) is 5.92 Å². The molecule has 0 spiro atoms. The fourth-order valence-corrected chi connectivity index (χ4v) is 2.09. The van der Waals surface area contributed by atoms with E-state index in [4.69, 9.17) is 22.0 Å². The van der Waals surface area contributed by atoms with E-state index in [2.05, 4.69) is 11.4 Å². The molecule has 0 amide bonds. The van der Waals surface area contributed by atoms with Gasteiger partial charge in [0.1, 0.15) is 6.07 Å². The van der Waals surface area contributed by atoms with Gasteiger partial charge in [-0.25, -0.2) is 0 Å². The van der Waals surface area contributed by atoms with E-state index in [0.717, 1.165) is 0 Å². The summed E-state index contributed by atoms with van der Waals surface area (Å²) in [5, 5.41) is 21.5. The second-order valence-electron chi connectivity index (χ2n) is 4.12. The average molecular weight is 263 g/mol. The number of aliphatic carboxylic acids is 1. The summed E-state index contributed by atoms with van der Waals surface area (Å²) in [7, 11) is 0. The van der Waals surface area contributed by atoms with Crippen molar-refractivity contribution in [3.05, 3.63) is 40.9 Å². The molecule has 0 saturated carbocycles. The lowest BCUT2D eigenvalue weighted by Crippen LogP contribution is -2.19. The number of rotatable bonds is 3. The maximum absolute atomic E-state index is 10.8. The molecule has 0 saturated heterocycles. The molecule has 0 aliphatic heterocycles. The number of nitriles is 1. The molecule has 2 unspecified atom stereocenters. The molecule has 0 bridgehead atoms. The van der Waals surface area contributed by atoms with Gasteiger partial charge in [-0.2, -0.15) is 5.26 Å². The van der Waals surface area contributed by atoms with E-state index in [1.54, 1.807) is 30.4 Å². The lowest BCUT2D eigenvalue weighted by atomic mass is 10.1. The fraction of sp³-hybridized carbons (Fsp3) is 0.231. The van der Waals surface area contributed by atoms with Crippen LogP contribution >= 0.6 is 11.6 Å². The van der Waals surface area contributed by atoms with Crippen molar-refractivity contribution in [1.82, 2.24) is 0 Å². The van der Waals surface area contributed by atoms with Crippen molar-refractivity contribution in [3.63, 3.8) is 0 Å². The van der Waals surface area contributed by atoms with Crippen LogP contribution in [0.5, 0.6) is 0 Å². The van der Waals surface area contributed by atoms with Gasteiger partial charge in [0.25, 0.3) is 0 Å². The third kappa shape index (κ3) is 2.63. The summed E-state index contributed by atoms with van der Waals surface area (Å²) in [5.41, 5.74) is 1.12. The number of nitrogens with one attached hydrogen (secondary N) is 1. The number of anilines is 1. The van der Waals surface area contributed by atoms with Crippen LogP contribution in [0.4, 0.5) is 5.69 Å². The lowest BCUT2D eigenvalue weighted by molar-refractivity contribution is -0.140. The second-order valence-corrected chi connectivity index (χ2v) is 4.55. The van der Waals surface area contributed by atoms with Crippen LogP contribution in [0.3, 0.4) is 0 Å². The van der Waals surface area contributed by atoms with Crippen molar-refractivity contribution < 1.29 is 9.90 Å². The largest absolute Gasteiger partial charge is 0.481 e. The molecule has 1 aromatic rings. The Bertz CT molecular complexity index is 548. The Morgan fingerprint density at radius 2 is 2.28 bits per heavy atom. The van der Waals surface area contributed by atoms with E-state index in [9.17, 15) is 4.79 Å². The summed E-state index contributed by atoms with van der Waals surface area (Å²) in [6.45, 7) is 0. The Labute approximate surface area is 109 Å². The number of hydrogen-bond acceptors (Lipinski definition) is 3. The molecule has 1 aliphatic carbocycles. The maximum atomic E-state index is 10.8. The summed E-state index contributed by atoms with van der Waals surface area (Å²) < 4.78 is 0. The zero-order valence-electron chi connectivity index (χ0n) is 9.43. The Morgan fingerprint density at radius 1 is 1.50 bits per heavy atom. The zero-order chi connectivity index (χ0) is 13.1. The highest BCUT2D eigenvalue weighted by molar-refractivity contribution is 6.30. The molecule has 0 heterocycles. The smallest absolute Gasteiger partial charge is 0.310 e. The summed E-state index contributed by atoms with van der Waals surface area (Å²) >= 11 is 5.88. The Balaban J connectivity index is 2.12. The van der Waals surface area contributed by atoms with Crippen molar-refractivity contribution >= 4 is 23.3 Å². The molecule has 0 fully saturated rings. The van der Waals surface area contributed by atoms with E-state index < -0.39 is 11.9 Å². The van der Waals surface area contributed by atoms with Crippen LogP contribution < -0.4 is 5.32 Å². The van der Waals surface area contributed by atoms with E-state index >= 15 is 0 Å². The lowest BCUT2D eigenvalue weighted by Gasteiger charge is -2.14. The number of hydrogen-bond donors (Lipinski definition) is 2. The van der Waals surface area contributed by atoms with Gasteiger partial charge in [-0.05, 0) is 24.6 Å². The first-order valence-electron chi connectivity index (χ1n) is 5.47. The topological polar surface area (TPSA) is 73.1 Å². The quantitative estimate of drug-likeness (QED) is 0.822. The minimum atomic E-state index is -0.831. The highest BCUT2D eigenvalue weighted by Crippen LogP contribution is 2.25. The predicted molar refractivity (Wildman–Crippen MR) is 68.5 cm³/mol. The molecule has 2 atom stereocenters. The van der Waals surface area contributed by atoms with Crippen LogP contribution in [0.2, 0.25) is 5.02 Å². The van der Waals surface area contributed by atoms with Gasteiger partial charge in [0, 0.05) is 11.1 Å². The average Bonchev–Trinajstić information content (AvgIpc) is 2.78. The van der Waals surface area contributed by atoms with Crippen LogP contribution in [0.1, 0.15) is 12.0 Å². The SMILES string of the molecule is N#Cc1ccc(Cl)cc1NC1C=CC(C(=O)O)C1. The third-order valence-corrected chi connectivity index (χ3v) is 3.08. The normalized spacial score (nSPS) is 21.6. The second kappa shape index (κ2) is 5.11. The van der Waals surface area contributed by atoms with Gasteiger partial charge in [0.05, 0.1) is 17.2 Å². The molecular formula is C13H11ClN2O2. The van der Waals surface area contributed by atoms with E-state index in [-0.39, 0.29) is 6.04 Å². The summed E-state index contributed by atoms with van der Waals surface area (Å²) in [4.78, 5) is 10.8. The summed E-state index contributed by atoms with van der Waals surface area (Å²) in [6, 6.07) is 6.94. The molecule has 4 nitrogen and oxygen atoms in total. The molecule has 2 N–H and O–H groups in total. The van der Waals surface area contributed by atoms with Crippen molar-refractivity contribution in [1.29, 1.82) is 5.26 Å². The fourth-order valence-electron chi connectivity index (χ4n) is 1.92. The van der Waals surface area contributed by atoms with Crippen LogP contribution in [-0.2, 0) is 4.79 Å². The molecule has 1 aliphatic rings. The first-order chi connectivity index (χ1) is 8.60. The standard InChI is InChI=1S/C13H11ClN2O2/c14-10-3-1-9(7-15)12(6-10)16-11-4-2-8(5-11)13(17)18/h1-4,6,8,11,16H,5H2,(H,17,18). The first kappa shape index (κ1) is 12.5. The molecule has 0 aromatic heterocycles. The highest BCUT2D eigenvalue weighted by atomic mass is 35.5. The monoisotopic (exact) mass is 262 g/mol. The Morgan fingerprint density at radius 3 is 2.89 bits per heavy atom. The van der Waals surface area contributed by atoms with E-state index in [1.165, 1.54) is 0 Å². The number of benzene rings is 1. The number of nitrogens with zero attached hydrogens (tertiary/aromatic N) is 1. The molecule has 1 aromatic carbocycles. The van der Waals surface area contributed by atoms with Crippen molar-refractivity contribution in [2.75, 3.05) is 5.32 Å². The van der Waals surface area contributed by atoms with Crippen LogP contribution in [0.25, 0.3) is 0 Å². The van der Waals surface area contributed by atoms with Crippen molar-refractivity contribution in [2.45, 2.75) is 12.5 Å². The van der Waals surface area contributed by atoms with Gasteiger partial charge in [-0.15, -0.1) is 0 Å². The Kier molecular flexibility index (Phi) is 3.54. The highest BCUT2D eigenvalue weighted by Gasteiger charge is 2.24. The van der Waals surface area contributed by atoms with Gasteiger partial charge in [-0.3, -0.25) is 4.79 Å². The minimum Gasteiger partial charge on any atom is -0.481 e. The molecule has 5 heteroatoms. The number of carboxylic acids is 1. The molecule has 0 radical (unpaired) electrons. The van der Waals surface area contributed by atoms with Gasteiger partial charge in [0.15, 0.2) is 0 Å². The summed E-state index contributed by atoms with van der Waals surface area (Å²) in [6.07, 6.45) is 3.95. The molecule has 18 heavy (non-hydrogen) atoms. The van der Waals surface area contributed by atoms with E-state index in [1.807, 2.05) is 0 Å². The third-order valence-electron chi connectivity index (χ3n) is 2.84. The van der Waals surface area contributed by atoms with Gasteiger partial charge >= 0.3 is 5.97 Å². The van der Waals surface area contributed by atoms with E-state index in [0.29, 0.717) is 22.7 Å². The first-order valence-corrected chi connectivity index (χ1v) is 5.85. The van der Waals surface area contributed by atoms with Crippen molar-refractivity contribution in [3.8, 4) is 6.07 Å². The Hall–Kier alpha value is -1.99. The predicted octanol–water partition coefficient (Wildman–Crippen LogP) is 2.65. The summed E-state index contributed by atoms with van der Waals surface area (Å²) in [5.74, 6) is -1.30. The number of halogens is 1.